The van der Waals surface area contributed by atoms with E-state index in [1.807, 2.05) is 31.3 Å². The first kappa shape index (κ1) is 14.5. The molecular formula is C14H23N3O. The highest BCUT2D eigenvalue weighted by Gasteiger charge is 2.27. The van der Waals surface area contributed by atoms with Gasteiger partial charge >= 0.3 is 0 Å². The van der Waals surface area contributed by atoms with Gasteiger partial charge < -0.3 is 10.6 Å². The molecule has 1 aromatic carbocycles. The molecule has 1 aromatic rings. The van der Waals surface area contributed by atoms with Crippen LogP contribution >= 0.6 is 0 Å². The molecule has 0 aliphatic heterocycles. The van der Waals surface area contributed by atoms with Gasteiger partial charge in [-0.2, -0.15) is 0 Å². The fraction of sp³-hybridized carbons (Fsp3) is 0.500. The summed E-state index contributed by atoms with van der Waals surface area (Å²) in [6.45, 7) is 4.15. The van der Waals surface area contributed by atoms with Crippen LogP contribution in [-0.4, -0.2) is 42.9 Å². The monoisotopic (exact) mass is 249 g/mol. The summed E-state index contributed by atoms with van der Waals surface area (Å²) in [6.07, 6.45) is 0. The van der Waals surface area contributed by atoms with Gasteiger partial charge in [0.25, 0.3) is 0 Å². The Kier molecular flexibility index (Phi) is 4.73. The number of carbonyl (C=O) groups is 1. The van der Waals surface area contributed by atoms with Crippen LogP contribution in [0.2, 0.25) is 0 Å². The van der Waals surface area contributed by atoms with Crippen molar-refractivity contribution in [2.45, 2.75) is 25.9 Å². The maximum atomic E-state index is 12.3. The molecule has 4 nitrogen and oxygen atoms in total. The molecule has 0 heterocycles. The van der Waals surface area contributed by atoms with Crippen LogP contribution in [-0.2, 0) is 4.79 Å². The Morgan fingerprint density at radius 2 is 1.61 bits per heavy atom. The van der Waals surface area contributed by atoms with E-state index in [2.05, 4.69) is 18.7 Å². The third-order valence-electron chi connectivity index (χ3n) is 3.15. The van der Waals surface area contributed by atoms with E-state index in [9.17, 15) is 4.79 Å². The Labute approximate surface area is 109 Å². The molecule has 1 rings (SSSR count). The number of likely N-dealkylation sites (N-methyl/N-ethyl adjacent to an activating group) is 2. The van der Waals surface area contributed by atoms with Crippen molar-refractivity contribution < 1.29 is 4.79 Å². The Balaban J connectivity index is 3.12. The number of amides is 1. The van der Waals surface area contributed by atoms with E-state index in [4.69, 9.17) is 5.73 Å². The highest BCUT2D eigenvalue weighted by molar-refractivity contribution is 5.83. The van der Waals surface area contributed by atoms with E-state index in [0.29, 0.717) is 5.69 Å². The maximum absolute atomic E-state index is 12.3. The number of nitrogens with zero attached hydrogens (tertiary/aromatic N) is 2. The van der Waals surface area contributed by atoms with Crippen molar-refractivity contribution in [3.05, 3.63) is 29.8 Å². The van der Waals surface area contributed by atoms with Gasteiger partial charge in [-0.05, 0) is 38.6 Å². The zero-order chi connectivity index (χ0) is 13.9. The third kappa shape index (κ3) is 3.23. The second-order valence-corrected chi connectivity index (χ2v) is 5.06. The average Bonchev–Trinajstić information content (AvgIpc) is 2.31. The maximum Gasteiger partial charge on any atom is 0.244 e. The van der Waals surface area contributed by atoms with E-state index in [0.717, 1.165) is 5.56 Å². The van der Waals surface area contributed by atoms with Gasteiger partial charge in [-0.15, -0.1) is 0 Å². The normalized spacial score (nSPS) is 12.8. The van der Waals surface area contributed by atoms with Crippen molar-refractivity contribution in [1.82, 2.24) is 9.80 Å². The predicted molar refractivity (Wildman–Crippen MR) is 75.2 cm³/mol. The highest BCUT2D eigenvalue weighted by Crippen LogP contribution is 2.24. The number of nitrogen functional groups attached to an aromatic ring is 1. The topological polar surface area (TPSA) is 49.6 Å². The summed E-state index contributed by atoms with van der Waals surface area (Å²) in [6, 6.07) is 7.52. The third-order valence-corrected chi connectivity index (χ3v) is 3.15. The number of nitrogens with two attached hydrogens (primary N) is 1. The Bertz CT molecular complexity index is 398. The number of rotatable bonds is 4. The molecule has 1 atom stereocenters. The molecule has 0 saturated heterocycles. The fourth-order valence-electron chi connectivity index (χ4n) is 1.77. The lowest BCUT2D eigenvalue weighted by molar-refractivity contribution is -0.134. The molecule has 2 N–H and O–H groups in total. The largest absolute Gasteiger partial charge is 0.399 e. The predicted octanol–water partition coefficient (Wildman–Crippen LogP) is 1.74. The molecule has 4 heteroatoms. The average molecular weight is 249 g/mol. The lowest BCUT2D eigenvalue weighted by atomic mass is 10.0. The van der Waals surface area contributed by atoms with Crippen LogP contribution in [0, 0.1) is 0 Å². The fourth-order valence-corrected chi connectivity index (χ4v) is 1.77. The van der Waals surface area contributed by atoms with E-state index < -0.39 is 0 Å². The van der Waals surface area contributed by atoms with Gasteiger partial charge in [0.05, 0.1) is 0 Å². The molecule has 1 amide bonds. The molecule has 0 radical (unpaired) electrons. The summed E-state index contributed by atoms with van der Waals surface area (Å²) in [4.78, 5) is 16.0. The summed E-state index contributed by atoms with van der Waals surface area (Å²) in [5.41, 5.74) is 7.37. The molecule has 0 aliphatic rings. The molecule has 0 spiro atoms. The lowest BCUT2D eigenvalue weighted by Gasteiger charge is -2.32. The summed E-state index contributed by atoms with van der Waals surface area (Å²) in [5.74, 6) is 0.0796. The van der Waals surface area contributed by atoms with E-state index in [1.54, 1.807) is 19.0 Å². The first-order valence-electron chi connectivity index (χ1n) is 6.13. The van der Waals surface area contributed by atoms with E-state index >= 15 is 0 Å². The first-order valence-corrected chi connectivity index (χ1v) is 6.13. The van der Waals surface area contributed by atoms with Crippen LogP contribution in [0.5, 0.6) is 0 Å². The zero-order valence-electron chi connectivity index (χ0n) is 11.8. The van der Waals surface area contributed by atoms with Crippen LogP contribution in [0.15, 0.2) is 24.3 Å². The second-order valence-electron chi connectivity index (χ2n) is 5.06. The van der Waals surface area contributed by atoms with Gasteiger partial charge in [-0.25, -0.2) is 0 Å². The van der Waals surface area contributed by atoms with E-state index in [-0.39, 0.29) is 18.0 Å². The summed E-state index contributed by atoms with van der Waals surface area (Å²) in [5, 5.41) is 0. The first-order chi connectivity index (χ1) is 8.34. The minimum Gasteiger partial charge on any atom is -0.399 e. The van der Waals surface area contributed by atoms with Gasteiger partial charge in [0, 0.05) is 25.8 Å². The van der Waals surface area contributed by atoms with Crippen molar-refractivity contribution in [3.63, 3.8) is 0 Å². The van der Waals surface area contributed by atoms with Crippen LogP contribution in [0.3, 0.4) is 0 Å². The zero-order valence-corrected chi connectivity index (χ0v) is 11.8. The standard InChI is InChI=1S/C14H23N3O/c1-10(2)17(5)13(14(18)16(3)4)11-6-8-12(15)9-7-11/h6-10,13H,15H2,1-5H3. The minimum absolute atomic E-state index is 0.0796. The summed E-state index contributed by atoms with van der Waals surface area (Å²) < 4.78 is 0. The number of hydrogen-bond donors (Lipinski definition) is 1. The van der Waals surface area contributed by atoms with Crippen LogP contribution in [0.25, 0.3) is 0 Å². The van der Waals surface area contributed by atoms with Crippen LogP contribution in [0.4, 0.5) is 5.69 Å². The molecule has 100 valence electrons. The summed E-state index contributed by atoms with van der Waals surface area (Å²) >= 11 is 0. The van der Waals surface area contributed by atoms with Crippen LogP contribution < -0.4 is 5.73 Å². The minimum atomic E-state index is -0.263. The lowest BCUT2D eigenvalue weighted by Crippen LogP contribution is -2.41. The van der Waals surface area contributed by atoms with Gasteiger partial charge in [-0.3, -0.25) is 9.69 Å². The van der Waals surface area contributed by atoms with Gasteiger partial charge in [0.15, 0.2) is 0 Å². The molecule has 0 fully saturated rings. The number of anilines is 1. The number of hydrogen-bond acceptors (Lipinski definition) is 3. The molecule has 0 aliphatic carbocycles. The quantitative estimate of drug-likeness (QED) is 0.827. The highest BCUT2D eigenvalue weighted by atomic mass is 16.2. The van der Waals surface area contributed by atoms with E-state index in [1.165, 1.54) is 0 Å². The molecule has 0 aromatic heterocycles. The van der Waals surface area contributed by atoms with Gasteiger partial charge in [0.1, 0.15) is 6.04 Å². The van der Waals surface area contributed by atoms with Crippen molar-refractivity contribution in [3.8, 4) is 0 Å². The molecule has 1 unspecified atom stereocenters. The smallest absolute Gasteiger partial charge is 0.244 e. The number of benzene rings is 1. The Morgan fingerprint density at radius 1 is 1.11 bits per heavy atom. The van der Waals surface area contributed by atoms with Gasteiger partial charge in [-0.1, -0.05) is 12.1 Å². The SMILES string of the molecule is CC(C)N(C)C(C(=O)N(C)C)c1ccc(N)cc1. The molecular weight excluding hydrogens is 226 g/mol. The number of carbonyl (C=O) groups excluding carboxylic acids is 1. The molecule has 0 saturated carbocycles. The molecule has 18 heavy (non-hydrogen) atoms. The van der Waals surface area contributed by atoms with Crippen molar-refractivity contribution in [1.29, 1.82) is 0 Å². The summed E-state index contributed by atoms with van der Waals surface area (Å²) in [7, 11) is 5.52. The van der Waals surface area contributed by atoms with Crippen molar-refractivity contribution >= 4 is 11.6 Å². The van der Waals surface area contributed by atoms with Crippen LogP contribution in [0.1, 0.15) is 25.5 Å². The Morgan fingerprint density at radius 3 is 2.00 bits per heavy atom. The van der Waals surface area contributed by atoms with Crippen molar-refractivity contribution in [2.75, 3.05) is 26.9 Å². The molecule has 0 bridgehead atoms. The van der Waals surface area contributed by atoms with Crippen molar-refractivity contribution in [2.24, 2.45) is 0 Å². The van der Waals surface area contributed by atoms with Gasteiger partial charge in [0.2, 0.25) is 5.91 Å². The second kappa shape index (κ2) is 5.87. The Hall–Kier alpha value is -1.55.